The smallest absolute Gasteiger partial charge is 0.223 e. The number of carbonyl (C=O) groups excluding carboxylic acids is 1. The number of nitrogens with one attached hydrogen (secondary N) is 2. The number of terminal acetylenes is 1. The number of hydrogen-bond donors (Lipinski definition) is 2. The second kappa shape index (κ2) is 13.0. The minimum absolute atomic E-state index is 0.00990. The van der Waals surface area contributed by atoms with Crippen LogP contribution in [0.25, 0.3) is 23.1 Å². The lowest BCUT2D eigenvalue weighted by Crippen LogP contribution is -2.44. The van der Waals surface area contributed by atoms with Gasteiger partial charge in [0.2, 0.25) is 5.91 Å². The minimum Gasteiger partial charge on any atom is -0.496 e. The molecule has 1 aromatic heterocycles. The Bertz CT molecular complexity index is 1480. The fraction of sp³-hybridized carbons (Fsp3) is 0.353. The third-order valence-electron chi connectivity index (χ3n) is 7.62. The van der Waals surface area contributed by atoms with Gasteiger partial charge in [0.1, 0.15) is 5.76 Å². The summed E-state index contributed by atoms with van der Waals surface area (Å²) in [5, 5.41) is 11.7. The monoisotopic (exact) mass is 550 g/mol. The van der Waals surface area contributed by atoms with Crippen molar-refractivity contribution >= 4 is 29.0 Å². The number of benzene rings is 2. The van der Waals surface area contributed by atoms with Gasteiger partial charge in [-0.1, -0.05) is 54.5 Å². The second-order valence-electron chi connectivity index (χ2n) is 11.0. The zero-order chi connectivity index (χ0) is 28.8. The van der Waals surface area contributed by atoms with Gasteiger partial charge in [-0.05, 0) is 61.1 Å². The molecular weight excluding hydrogens is 512 g/mol. The number of fused-ring (bicyclic) bond motifs is 1. The fourth-order valence-electron chi connectivity index (χ4n) is 5.57. The number of nitrogens with zero attached hydrogens (tertiary/aromatic N) is 2. The topological polar surface area (TPSA) is 79.5 Å². The summed E-state index contributed by atoms with van der Waals surface area (Å²) in [5.41, 5.74) is 5.48. The van der Waals surface area contributed by atoms with Crippen molar-refractivity contribution < 1.29 is 14.3 Å². The van der Waals surface area contributed by atoms with Gasteiger partial charge in [-0.25, -0.2) is 0 Å². The predicted octanol–water partition coefficient (Wildman–Crippen LogP) is 5.28. The van der Waals surface area contributed by atoms with Crippen molar-refractivity contribution in [1.29, 1.82) is 0 Å². The van der Waals surface area contributed by atoms with Crippen LogP contribution in [0.2, 0.25) is 0 Å². The van der Waals surface area contributed by atoms with Gasteiger partial charge in [0.15, 0.2) is 0 Å². The molecule has 2 heterocycles. The summed E-state index contributed by atoms with van der Waals surface area (Å²) in [4.78, 5) is 15.1. The van der Waals surface area contributed by atoms with E-state index < -0.39 is 0 Å². The Kier molecular flexibility index (Phi) is 9.03. The molecule has 0 spiro atoms. The van der Waals surface area contributed by atoms with E-state index in [0.717, 1.165) is 53.8 Å². The molecule has 3 aromatic rings. The molecule has 1 aliphatic carbocycles. The summed E-state index contributed by atoms with van der Waals surface area (Å²) in [6, 6.07) is 15.0. The summed E-state index contributed by atoms with van der Waals surface area (Å²) in [6.45, 7) is 7.58. The highest BCUT2D eigenvalue weighted by atomic mass is 16.5. The highest BCUT2D eigenvalue weighted by Gasteiger charge is 2.43. The van der Waals surface area contributed by atoms with Crippen LogP contribution in [-0.2, 0) is 20.8 Å². The molecule has 0 unspecified atom stereocenters. The molecular formula is C34H38N4O3. The first-order chi connectivity index (χ1) is 19.9. The number of carbonyl (C=O) groups is 1. The molecule has 212 valence electrons. The van der Waals surface area contributed by atoms with Crippen LogP contribution in [0.3, 0.4) is 0 Å². The molecule has 2 aliphatic rings. The quantitative estimate of drug-likeness (QED) is 0.204. The second-order valence-corrected chi connectivity index (χ2v) is 11.0. The van der Waals surface area contributed by atoms with Gasteiger partial charge in [-0.15, -0.1) is 6.42 Å². The number of rotatable bonds is 10. The average Bonchev–Trinajstić information content (AvgIpc) is 3.67. The van der Waals surface area contributed by atoms with Crippen LogP contribution >= 0.6 is 0 Å². The zero-order valence-corrected chi connectivity index (χ0v) is 24.0. The molecule has 1 aliphatic heterocycles. The molecule has 2 aromatic carbocycles. The Morgan fingerprint density at radius 3 is 2.71 bits per heavy atom. The van der Waals surface area contributed by atoms with Crippen molar-refractivity contribution in [2.24, 2.45) is 5.92 Å². The molecule has 7 heteroatoms. The fourth-order valence-corrected chi connectivity index (χ4v) is 5.57. The Hall–Kier alpha value is -4.12. The first kappa shape index (κ1) is 28.4. The molecule has 1 saturated heterocycles. The molecule has 4 atom stereocenters. The largest absolute Gasteiger partial charge is 0.496 e. The van der Waals surface area contributed by atoms with Gasteiger partial charge in [0, 0.05) is 43.6 Å². The van der Waals surface area contributed by atoms with Gasteiger partial charge in [0.25, 0.3) is 0 Å². The molecule has 2 fully saturated rings. The van der Waals surface area contributed by atoms with Gasteiger partial charge in [-0.2, -0.15) is 5.10 Å². The summed E-state index contributed by atoms with van der Waals surface area (Å²) in [5.74, 6) is 3.28. The van der Waals surface area contributed by atoms with E-state index in [1.54, 1.807) is 13.2 Å². The van der Waals surface area contributed by atoms with E-state index in [1.807, 2.05) is 12.2 Å². The molecule has 1 amide bonds. The van der Waals surface area contributed by atoms with Crippen LogP contribution in [0, 0.1) is 18.3 Å². The lowest BCUT2D eigenvalue weighted by molar-refractivity contribution is -0.122. The van der Waals surface area contributed by atoms with Gasteiger partial charge < -0.3 is 14.8 Å². The maximum Gasteiger partial charge on any atom is 0.223 e. The molecule has 41 heavy (non-hydrogen) atoms. The highest BCUT2D eigenvalue weighted by Crippen LogP contribution is 2.48. The number of allylic oxidation sites excluding steroid dienone is 2. The van der Waals surface area contributed by atoms with E-state index in [2.05, 4.69) is 88.7 Å². The number of morpholine rings is 1. The van der Waals surface area contributed by atoms with Gasteiger partial charge in [0.05, 0.1) is 30.5 Å². The SMILES string of the molecule is C#C/C=C(\C=C/CNC(=O)[C@@H]1C[C@H]1c1ccc2c(/C=C/c3ccc(CN4C[C@@H](C)O[C@@H](C)C4)cc3)n[nH]c2c1)OC. The lowest BCUT2D eigenvalue weighted by Gasteiger charge is -2.35. The molecule has 2 N–H and O–H groups in total. The van der Waals surface area contributed by atoms with Crippen LogP contribution in [0.15, 0.2) is 66.5 Å². The zero-order valence-electron chi connectivity index (χ0n) is 24.0. The Morgan fingerprint density at radius 2 is 1.98 bits per heavy atom. The van der Waals surface area contributed by atoms with E-state index in [4.69, 9.17) is 15.9 Å². The third kappa shape index (κ3) is 7.35. The van der Waals surface area contributed by atoms with E-state index in [9.17, 15) is 4.79 Å². The van der Waals surface area contributed by atoms with Crippen molar-refractivity contribution in [2.75, 3.05) is 26.7 Å². The third-order valence-corrected chi connectivity index (χ3v) is 7.62. The summed E-state index contributed by atoms with van der Waals surface area (Å²) in [7, 11) is 1.56. The number of amides is 1. The number of methoxy groups -OCH3 is 1. The Labute approximate surface area is 242 Å². The number of ether oxygens (including phenoxy) is 2. The number of H-pyrrole nitrogens is 1. The summed E-state index contributed by atoms with van der Waals surface area (Å²) < 4.78 is 11.0. The maximum absolute atomic E-state index is 12.6. The predicted molar refractivity (Wildman–Crippen MR) is 164 cm³/mol. The Balaban J connectivity index is 1.15. The first-order valence-electron chi connectivity index (χ1n) is 14.2. The number of aromatic nitrogens is 2. The van der Waals surface area contributed by atoms with Crippen LogP contribution in [0.4, 0.5) is 0 Å². The lowest BCUT2D eigenvalue weighted by atomic mass is 10.1. The maximum atomic E-state index is 12.6. The molecule has 0 bridgehead atoms. The van der Waals surface area contributed by atoms with E-state index >= 15 is 0 Å². The molecule has 7 nitrogen and oxygen atoms in total. The van der Waals surface area contributed by atoms with Crippen molar-refractivity contribution in [3.8, 4) is 12.3 Å². The number of hydrogen-bond acceptors (Lipinski definition) is 5. The summed E-state index contributed by atoms with van der Waals surface area (Å²) in [6.07, 6.45) is 15.9. The number of aromatic amines is 1. The molecule has 5 rings (SSSR count). The van der Waals surface area contributed by atoms with Gasteiger partial charge in [-0.3, -0.25) is 14.8 Å². The van der Waals surface area contributed by atoms with Crippen LogP contribution in [0.5, 0.6) is 0 Å². The van der Waals surface area contributed by atoms with E-state index in [-0.39, 0.29) is 30.0 Å². The standard InChI is InChI=1S/C34H38N4O3/c1-5-7-28(40-4)8-6-17-35-34(39)31-19-30(31)27-14-15-29-32(36-37-33(29)18-27)16-13-25-9-11-26(12-10-25)22-38-20-23(2)41-24(3)21-38/h1,6-16,18,23-24,30-31H,17,19-22H2,2-4H3,(H,35,39)(H,36,37)/b8-6-,16-13+,28-7+/t23-,24+,30-,31+/m0/s1. The van der Waals surface area contributed by atoms with Crippen molar-refractivity contribution in [3.63, 3.8) is 0 Å². The van der Waals surface area contributed by atoms with Crippen LogP contribution in [0.1, 0.15) is 48.6 Å². The molecule has 1 saturated carbocycles. The average molecular weight is 551 g/mol. The summed E-state index contributed by atoms with van der Waals surface area (Å²) >= 11 is 0. The first-order valence-corrected chi connectivity index (χ1v) is 14.2. The highest BCUT2D eigenvalue weighted by molar-refractivity contribution is 5.90. The molecule has 0 radical (unpaired) electrons. The minimum atomic E-state index is -0.00990. The van der Waals surface area contributed by atoms with Gasteiger partial charge >= 0.3 is 0 Å². The van der Waals surface area contributed by atoms with Crippen molar-refractivity contribution in [3.05, 3.63) is 88.8 Å². The van der Waals surface area contributed by atoms with E-state index in [1.165, 1.54) is 11.6 Å². The van der Waals surface area contributed by atoms with Crippen LogP contribution in [-0.4, -0.2) is 60.0 Å². The normalized spacial score (nSPS) is 23.2. The van der Waals surface area contributed by atoms with Crippen molar-refractivity contribution in [1.82, 2.24) is 20.4 Å². The van der Waals surface area contributed by atoms with E-state index in [0.29, 0.717) is 12.3 Å². The van der Waals surface area contributed by atoms with Crippen LogP contribution < -0.4 is 5.32 Å². The Morgan fingerprint density at radius 1 is 1.20 bits per heavy atom. The van der Waals surface area contributed by atoms with Crippen molar-refractivity contribution in [2.45, 2.75) is 44.9 Å².